The number of hydrogen-bond acceptors (Lipinski definition) is 4. The van der Waals surface area contributed by atoms with Crippen LogP contribution in [0.5, 0.6) is 0 Å². The van der Waals surface area contributed by atoms with Gasteiger partial charge in [0.25, 0.3) is 0 Å². The number of aromatic nitrogens is 3. The fourth-order valence-corrected chi connectivity index (χ4v) is 1.84. The molecule has 3 rings (SSSR count). The number of aromatic amines is 1. The van der Waals surface area contributed by atoms with Gasteiger partial charge in [0, 0.05) is 17.2 Å². The van der Waals surface area contributed by atoms with Crippen molar-refractivity contribution in [3.63, 3.8) is 0 Å². The molecule has 0 unspecified atom stereocenters. The van der Waals surface area contributed by atoms with Crippen LogP contribution in [-0.2, 0) is 9.59 Å². The van der Waals surface area contributed by atoms with Crippen LogP contribution in [0.3, 0.4) is 0 Å². The lowest BCUT2D eigenvalue weighted by molar-refractivity contribution is -0.134. The van der Waals surface area contributed by atoms with E-state index in [4.69, 9.17) is 5.73 Å². The van der Waals surface area contributed by atoms with Gasteiger partial charge in [0.1, 0.15) is 5.82 Å². The van der Waals surface area contributed by atoms with Crippen molar-refractivity contribution in [2.45, 2.75) is 18.8 Å². The molecule has 1 aromatic carbocycles. The van der Waals surface area contributed by atoms with Gasteiger partial charge in [-0.1, -0.05) is 0 Å². The van der Waals surface area contributed by atoms with Crippen molar-refractivity contribution in [2.75, 3.05) is 5.32 Å². The minimum absolute atomic E-state index is 0.496. The SMILES string of the molecule is NC(=O)C(=O)Nc1ccc(-c2n[nH]c(C3CC3)n2)cc1. The van der Waals surface area contributed by atoms with E-state index in [1.165, 1.54) is 0 Å². The summed E-state index contributed by atoms with van der Waals surface area (Å²) in [6.07, 6.45) is 2.32. The highest BCUT2D eigenvalue weighted by Crippen LogP contribution is 2.38. The molecule has 0 spiro atoms. The zero-order chi connectivity index (χ0) is 14.1. The molecule has 7 nitrogen and oxygen atoms in total. The Bertz CT molecular complexity index is 658. The molecule has 1 heterocycles. The quantitative estimate of drug-likeness (QED) is 0.715. The highest BCUT2D eigenvalue weighted by atomic mass is 16.2. The van der Waals surface area contributed by atoms with Crippen molar-refractivity contribution in [2.24, 2.45) is 5.73 Å². The van der Waals surface area contributed by atoms with Crippen LogP contribution in [-0.4, -0.2) is 27.0 Å². The predicted molar refractivity (Wildman–Crippen MR) is 71.6 cm³/mol. The fraction of sp³-hybridized carbons (Fsp3) is 0.231. The van der Waals surface area contributed by atoms with E-state index in [0.29, 0.717) is 17.4 Å². The second kappa shape index (κ2) is 4.76. The van der Waals surface area contributed by atoms with E-state index in [1.54, 1.807) is 24.3 Å². The molecule has 1 fully saturated rings. The summed E-state index contributed by atoms with van der Waals surface area (Å²) in [6, 6.07) is 6.89. The van der Waals surface area contributed by atoms with E-state index < -0.39 is 11.8 Å². The lowest BCUT2D eigenvalue weighted by Crippen LogP contribution is -2.29. The molecule has 1 aliphatic carbocycles. The first-order chi connectivity index (χ1) is 9.63. The first-order valence-electron chi connectivity index (χ1n) is 6.27. The van der Waals surface area contributed by atoms with Crippen LogP contribution in [0.25, 0.3) is 11.4 Å². The number of nitrogens with one attached hydrogen (secondary N) is 2. The molecule has 0 bridgehead atoms. The topological polar surface area (TPSA) is 114 Å². The third-order valence-electron chi connectivity index (χ3n) is 3.09. The van der Waals surface area contributed by atoms with Gasteiger partial charge in [0.2, 0.25) is 0 Å². The summed E-state index contributed by atoms with van der Waals surface area (Å²) < 4.78 is 0. The second-order valence-corrected chi connectivity index (χ2v) is 4.71. The van der Waals surface area contributed by atoms with Crippen molar-refractivity contribution in [3.8, 4) is 11.4 Å². The van der Waals surface area contributed by atoms with Crippen molar-refractivity contribution < 1.29 is 9.59 Å². The molecule has 0 radical (unpaired) electrons. The number of H-pyrrole nitrogens is 1. The Labute approximate surface area is 114 Å². The maximum atomic E-state index is 11.1. The first-order valence-corrected chi connectivity index (χ1v) is 6.27. The summed E-state index contributed by atoms with van der Waals surface area (Å²) in [5.41, 5.74) is 6.20. The molecule has 0 aliphatic heterocycles. The van der Waals surface area contributed by atoms with Crippen molar-refractivity contribution in [1.82, 2.24) is 15.2 Å². The maximum absolute atomic E-state index is 11.1. The average Bonchev–Trinajstić information content (AvgIpc) is 3.17. The Morgan fingerprint density at radius 2 is 1.95 bits per heavy atom. The Morgan fingerprint density at radius 1 is 1.25 bits per heavy atom. The van der Waals surface area contributed by atoms with E-state index in [2.05, 4.69) is 20.5 Å². The normalized spacial score (nSPS) is 14.0. The number of carbonyl (C=O) groups is 2. The number of nitrogens with two attached hydrogens (primary N) is 1. The minimum atomic E-state index is -1.02. The summed E-state index contributed by atoms with van der Waals surface area (Å²) in [5.74, 6) is 0.208. The molecule has 4 N–H and O–H groups in total. The van der Waals surface area contributed by atoms with Gasteiger partial charge in [0.05, 0.1) is 0 Å². The Kier molecular flexibility index (Phi) is 2.94. The summed E-state index contributed by atoms with van der Waals surface area (Å²) in [7, 11) is 0. The third kappa shape index (κ3) is 2.51. The molecular formula is C13H13N5O2. The van der Waals surface area contributed by atoms with Gasteiger partial charge in [-0.2, -0.15) is 5.10 Å². The molecule has 0 atom stereocenters. The monoisotopic (exact) mass is 271 g/mol. The van der Waals surface area contributed by atoms with E-state index in [0.717, 1.165) is 24.2 Å². The van der Waals surface area contributed by atoms with Gasteiger partial charge in [-0.3, -0.25) is 14.7 Å². The van der Waals surface area contributed by atoms with Crippen LogP contribution < -0.4 is 11.1 Å². The molecule has 1 aromatic heterocycles. The molecule has 20 heavy (non-hydrogen) atoms. The number of nitrogens with zero attached hydrogens (tertiary/aromatic N) is 2. The number of amides is 2. The lowest BCUT2D eigenvalue weighted by Gasteiger charge is -2.02. The highest BCUT2D eigenvalue weighted by Gasteiger charge is 2.27. The number of benzene rings is 1. The van der Waals surface area contributed by atoms with Gasteiger partial charge in [0.15, 0.2) is 5.82 Å². The zero-order valence-corrected chi connectivity index (χ0v) is 10.6. The van der Waals surface area contributed by atoms with Crippen LogP contribution >= 0.6 is 0 Å². The van der Waals surface area contributed by atoms with E-state index in [-0.39, 0.29) is 0 Å². The van der Waals surface area contributed by atoms with Crippen molar-refractivity contribution in [1.29, 1.82) is 0 Å². The first kappa shape index (κ1) is 12.3. The Balaban J connectivity index is 1.74. The van der Waals surface area contributed by atoms with Crippen LogP contribution in [0.15, 0.2) is 24.3 Å². The van der Waals surface area contributed by atoms with Crippen LogP contribution in [0, 0.1) is 0 Å². The molecule has 2 amide bonds. The number of rotatable bonds is 3. The van der Waals surface area contributed by atoms with Crippen LogP contribution in [0.1, 0.15) is 24.6 Å². The predicted octanol–water partition coefficient (Wildman–Crippen LogP) is 0.773. The van der Waals surface area contributed by atoms with Crippen LogP contribution in [0.4, 0.5) is 5.69 Å². The number of hydrogen-bond donors (Lipinski definition) is 3. The van der Waals surface area contributed by atoms with Crippen molar-refractivity contribution in [3.05, 3.63) is 30.1 Å². The van der Waals surface area contributed by atoms with Crippen molar-refractivity contribution >= 4 is 17.5 Å². The van der Waals surface area contributed by atoms with Gasteiger partial charge in [-0.05, 0) is 37.1 Å². The largest absolute Gasteiger partial charge is 0.361 e. The van der Waals surface area contributed by atoms with Gasteiger partial charge >= 0.3 is 11.8 Å². The number of primary amides is 1. The fourth-order valence-electron chi connectivity index (χ4n) is 1.84. The molecular weight excluding hydrogens is 258 g/mol. The zero-order valence-electron chi connectivity index (χ0n) is 10.6. The Hall–Kier alpha value is -2.70. The minimum Gasteiger partial charge on any atom is -0.361 e. The smallest absolute Gasteiger partial charge is 0.313 e. The molecule has 102 valence electrons. The lowest BCUT2D eigenvalue weighted by atomic mass is 10.2. The third-order valence-corrected chi connectivity index (χ3v) is 3.09. The second-order valence-electron chi connectivity index (χ2n) is 4.71. The summed E-state index contributed by atoms with van der Waals surface area (Å²) in [6.45, 7) is 0. The summed E-state index contributed by atoms with van der Waals surface area (Å²) in [5, 5.41) is 9.50. The average molecular weight is 271 g/mol. The molecule has 7 heteroatoms. The summed E-state index contributed by atoms with van der Waals surface area (Å²) in [4.78, 5) is 26.2. The van der Waals surface area contributed by atoms with E-state index in [1.807, 2.05) is 0 Å². The van der Waals surface area contributed by atoms with Gasteiger partial charge in [-0.15, -0.1) is 0 Å². The van der Waals surface area contributed by atoms with Gasteiger partial charge < -0.3 is 11.1 Å². The maximum Gasteiger partial charge on any atom is 0.313 e. The molecule has 0 saturated heterocycles. The molecule has 1 saturated carbocycles. The van der Waals surface area contributed by atoms with E-state index in [9.17, 15) is 9.59 Å². The summed E-state index contributed by atoms with van der Waals surface area (Å²) >= 11 is 0. The highest BCUT2D eigenvalue weighted by molar-refractivity contribution is 6.39. The van der Waals surface area contributed by atoms with Crippen LogP contribution in [0.2, 0.25) is 0 Å². The Morgan fingerprint density at radius 3 is 2.55 bits per heavy atom. The molecule has 1 aliphatic rings. The van der Waals surface area contributed by atoms with E-state index >= 15 is 0 Å². The number of anilines is 1. The number of carbonyl (C=O) groups excluding carboxylic acids is 2. The standard InChI is InChI=1S/C13H13N5O2/c14-10(19)13(20)15-9-5-3-8(4-6-9)12-16-11(17-18-12)7-1-2-7/h3-7H,1-2H2,(H2,14,19)(H,15,20)(H,16,17,18). The van der Waals surface area contributed by atoms with Gasteiger partial charge in [-0.25, -0.2) is 4.98 Å². The molecule has 2 aromatic rings.